The zero-order valence-corrected chi connectivity index (χ0v) is 16.0. The van der Waals surface area contributed by atoms with Crippen LogP contribution in [0.2, 0.25) is 0 Å². The van der Waals surface area contributed by atoms with Crippen molar-refractivity contribution in [2.24, 2.45) is 28.6 Å². The molecule has 0 radical (unpaired) electrons. The lowest BCUT2D eigenvalue weighted by Crippen LogP contribution is -2.53. The average molecular weight is 361 g/mol. The molecular weight excluding hydrogens is 332 g/mol. The van der Waals surface area contributed by atoms with Crippen molar-refractivity contribution in [3.8, 4) is 0 Å². The second kappa shape index (κ2) is 5.56. The third-order valence-corrected chi connectivity index (χ3v) is 9.38. The van der Waals surface area contributed by atoms with E-state index >= 15 is 0 Å². The fourth-order valence-electron chi connectivity index (χ4n) is 7.84. The van der Waals surface area contributed by atoms with Gasteiger partial charge in [0, 0.05) is 24.3 Å². The van der Waals surface area contributed by atoms with Gasteiger partial charge in [0.15, 0.2) is 0 Å². The molecule has 0 saturated heterocycles. The lowest BCUT2D eigenvalue weighted by molar-refractivity contribution is -0.160. The number of carbonyl (C=O) groups is 1. The molecule has 0 aliphatic heterocycles. The number of fused-ring (bicyclic) bond motifs is 2. The number of hydrogen-bond donors (Lipinski definition) is 0. The van der Waals surface area contributed by atoms with Crippen molar-refractivity contribution in [2.75, 3.05) is 13.7 Å². The molecule has 4 aliphatic rings. The standard InChI is InChI=1S/C21H28O3S/c1-13(22)24-12-21-14-5-3-7-20(21)10-15(18-6-4-8-25-18)16(11-20)19(21)17(9-14)23-2/h4,6,8,14-17,19H,3,5,7,9-12H2,1-2H3/t14-,15+,16+,17-,19-,20-,21+/m0/s1. The Hall–Kier alpha value is -0.870. The normalized spacial score (nSPS) is 47.0. The van der Waals surface area contributed by atoms with Crippen LogP contribution in [0.3, 0.4) is 0 Å². The molecule has 1 spiro atoms. The molecule has 0 aromatic carbocycles. The molecule has 2 bridgehead atoms. The smallest absolute Gasteiger partial charge is 0.302 e. The Bertz CT molecular complexity index is 671. The van der Waals surface area contributed by atoms with E-state index in [4.69, 9.17) is 9.47 Å². The Morgan fingerprint density at radius 3 is 3.00 bits per heavy atom. The minimum atomic E-state index is -0.124. The molecule has 1 aromatic rings. The summed E-state index contributed by atoms with van der Waals surface area (Å²) in [6, 6.07) is 4.53. The highest BCUT2D eigenvalue weighted by Gasteiger charge is 2.77. The van der Waals surface area contributed by atoms with Gasteiger partial charge in [-0.25, -0.2) is 0 Å². The molecule has 4 fully saturated rings. The molecule has 5 rings (SSSR count). The van der Waals surface area contributed by atoms with E-state index in [1.807, 2.05) is 18.4 Å². The van der Waals surface area contributed by atoms with Crippen molar-refractivity contribution in [1.29, 1.82) is 0 Å². The molecular formula is C21H28O3S. The topological polar surface area (TPSA) is 35.5 Å². The summed E-state index contributed by atoms with van der Waals surface area (Å²) in [7, 11) is 1.89. The number of methoxy groups -OCH3 is 1. The first-order valence-electron chi connectivity index (χ1n) is 9.81. The van der Waals surface area contributed by atoms with E-state index in [0.29, 0.717) is 41.8 Å². The van der Waals surface area contributed by atoms with Crippen molar-refractivity contribution in [2.45, 2.75) is 57.5 Å². The van der Waals surface area contributed by atoms with Gasteiger partial charge in [-0.2, -0.15) is 0 Å². The second-order valence-electron chi connectivity index (χ2n) is 8.92. The van der Waals surface area contributed by atoms with Gasteiger partial charge < -0.3 is 9.47 Å². The van der Waals surface area contributed by atoms with Gasteiger partial charge in [0.25, 0.3) is 0 Å². The zero-order valence-electron chi connectivity index (χ0n) is 15.2. The Morgan fingerprint density at radius 2 is 2.28 bits per heavy atom. The van der Waals surface area contributed by atoms with Crippen LogP contribution in [0.5, 0.6) is 0 Å². The van der Waals surface area contributed by atoms with E-state index in [1.165, 1.54) is 32.1 Å². The van der Waals surface area contributed by atoms with Gasteiger partial charge in [-0.15, -0.1) is 11.3 Å². The lowest BCUT2D eigenvalue weighted by Gasteiger charge is -2.55. The van der Waals surface area contributed by atoms with Crippen LogP contribution in [-0.2, 0) is 14.3 Å². The van der Waals surface area contributed by atoms with Gasteiger partial charge >= 0.3 is 5.97 Å². The molecule has 3 nitrogen and oxygen atoms in total. The summed E-state index contributed by atoms with van der Waals surface area (Å²) in [6.45, 7) is 2.19. The predicted octanol–water partition coefficient (Wildman–Crippen LogP) is 4.63. The highest BCUT2D eigenvalue weighted by Crippen LogP contribution is 2.80. The van der Waals surface area contributed by atoms with E-state index in [0.717, 1.165) is 6.42 Å². The van der Waals surface area contributed by atoms with Crippen molar-refractivity contribution >= 4 is 17.3 Å². The molecule has 25 heavy (non-hydrogen) atoms. The van der Waals surface area contributed by atoms with Crippen molar-refractivity contribution in [1.82, 2.24) is 0 Å². The number of thiophene rings is 1. The van der Waals surface area contributed by atoms with Crippen LogP contribution in [0.15, 0.2) is 17.5 Å². The van der Waals surface area contributed by atoms with E-state index in [9.17, 15) is 4.79 Å². The second-order valence-corrected chi connectivity index (χ2v) is 9.90. The van der Waals surface area contributed by atoms with Crippen LogP contribution in [0.25, 0.3) is 0 Å². The van der Waals surface area contributed by atoms with E-state index in [2.05, 4.69) is 17.5 Å². The van der Waals surface area contributed by atoms with Gasteiger partial charge in [-0.05, 0) is 72.6 Å². The predicted molar refractivity (Wildman–Crippen MR) is 97.5 cm³/mol. The molecule has 0 N–H and O–H groups in total. The van der Waals surface area contributed by atoms with E-state index < -0.39 is 0 Å². The first kappa shape index (κ1) is 16.3. The van der Waals surface area contributed by atoms with Crippen LogP contribution >= 0.6 is 11.3 Å². The van der Waals surface area contributed by atoms with Crippen LogP contribution in [-0.4, -0.2) is 25.8 Å². The van der Waals surface area contributed by atoms with E-state index in [1.54, 1.807) is 11.8 Å². The maximum Gasteiger partial charge on any atom is 0.302 e. The minimum Gasteiger partial charge on any atom is -0.465 e. The van der Waals surface area contributed by atoms with Gasteiger partial charge in [0.1, 0.15) is 0 Å². The number of rotatable bonds is 4. The van der Waals surface area contributed by atoms with Crippen LogP contribution in [0.1, 0.15) is 56.2 Å². The molecule has 136 valence electrons. The SMILES string of the molecule is CO[C@H]1C[C@@H]2CCC[C@]34C[C@@H]([C@@H]1[C@@]23COC(C)=O)[C@H](c1cccs1)C4. The summed E-state index contributed by atoms with van der Waals surface area (Å²) >= 11 is 1.92. The van der Waals surface area contributed by atoms with Crippen LogP contribution < -0.4 is 0 Å². The van der Waals surface area contributed by atoms with Crippen LogP contribution in [0, 0.1) is 28.6 Å². The van der Waals surface area contributed by atoms with Crippen molar-refractivity contribution in [3.63, 3.8) is 0 Å². The van der Waals surface area contributed by atoms with Crippen molar-refractivity contribution < 1.29 is 14.3 Å². The Balaban J connectivity index is 1.59. The summed E-state index contributed by atoms with van der Waals surface area (Å²) < 4.78 is 11.8. The molecule has 1 aromatic heterocycles. The maximum absolute atomic E-state index is 11.7. The highest BCUT2D eigenvalue weighted by molar-refractivity contribution is 7.10. The highest BCUT2D eigenvalue weighted by atomic mass is 32.1. The first-order chi connectivity index (χ1) is 12.1. The van der Waals surface area contributed by atoms with Gasteiger partial charge in [-0.3, -0.25) is 4.79 Å². The fraction of sp³-hybridized carbons (Fsp3) is 0.762. The number of hydrogen-bond acceptors (Lipinski definition) is 4. The Kier molecular flexibility index (Phi) is 3.63. The Morgan fingerprint density at radius 1 is 1.40 bits per heavy atom. The largest absolute Gasteiger partial charge is 0.465 e. The molecule has 1 heterocycles. The summed E-state index contributed by atoms with van der Waals surface area (Å²) in [5.41, 5.74) is 0.540. The number of esters is 1. The molecule has 0 unspecified atom stereocenters. The number of carbonyl (C=O) groups excluding carboxylic acids is 1. The van der Waals surface area contributed by atoms with E-state index in [-0.39, 0.29) is 11.4 Å². The van der Waals surface area contributed by atoms with Gasteiger partial charge in [0.05, 0.1) is 12.7 Å². The molecule has 4 aliphatic carbocycles. The summed E-state index contributed by atoms with van der Waals surface area (Å²) in [6.07, 6.45) is 8.05. The van der Waals surface area contributed by atoms with Gasteiger partial charge in [-0.1, -0.05) is 12.5 Å². The Labute approximate surface area is 154 Å². The van der Waals surface area contributed by atoms with Gasteiger partial charge in [0.2, 0.25) is 0 Å². The summed E-state index contributed by atoms with van der Waals surface area (Å²) in [5, 5.41) is 2.22. The zero-order chi connectivity index (χ0) is 17.2. The third kappa shape index (κ3) is 1.98. The number of ether oxygens (including phenoxy) is 2. The van der Waals surface area contributed by atoms with Crippen molar-refractivity contribution in [3.05, 3.63) is 22.4 Å². The minimum absolute atomic E-state index is 0.124. The molecule has 0 amide bonds. The monoisotopic (exact) mass is 360 g/mol. The van der Waals surface area contributed by atoms with Crippen LogP contribution in [0.4, 0.5) is 0 Å². The average Bonchev–Trinajstić information content (AvgIpc) is 3.34. The molecule has 7 atom stereocenters. The first-order valence-corrected chi connectivity index (χ1v) is 10.7. The molecule has 4 heteroatoms. The quantitative estimate of drug-likeness (QED) is 0.735. The summed E-state index contributed by atoms with van der Waals surface area (Å²) in [5.74, 6) is 2.49. The summed E-state index contributed by atoms with van der Waals surface area (Å²) in [4.78, 5) is 13.2. The third-order valence-electron chi connectivity index (χ3n) is 8.38. The fourth-order valence-corrected chi connectivity index (χ4v) is 8.74. The lowest BCUT2D eigenvalue weighted by atomic mass is 9.50. The molecule has 4 saturated carbocycles. The maximum atomic E-state index is 11.7.